The van der Waals surface area contributed by atoms with Crippen molar-refractivity contribution in [3.63, 3.8) is 0 Å². The highest BCUT2D eigenvalue weighted by Crippen LogP contribution is 2.23. The van der Waals surface area contributed by atoms with Crippen LogP contribution in [0.3, 0.4) is 0 Å². The molecule has 4 nitrogen and oxygen atoms in total. The summed E-state index contributed by atoms with van der Waals surface area (Å²) in [6, 6.07) is 6.17. The molecular weight excluding hydrogens is 278 g/mol. The van der Waals surface area contributed by atoms with E-state index in [1.807, 2.05) is 6.92 Å². The molecule has 20 heavy (non-hydrogen) atoms. The van der Waals surface area contributed by atoms with Crippen LogP contribution in [0, 0.1) is 0 Å². The van der Waals surface area contributed by atoms with Crippen LogP contribution in [0.5, 0.6) is 0 Å². The Kier molecular flexibility index (Phi) is 5.57. The minimum atomic E-state index is -0.622. The molecule has 1 aromatic rings. The summed E-state index contributed by atoms with van der Waals surface area (Å²) in [4.78, 5) is 24.9. The molecule has 110 valence electrons. The lowest BCUT2D eigenvalue weighted by Crippen LogP contribution is -2.44. The second-order valence-electron chi connectivity index (χ2n) is 5.44. The van der Waals surface area contributed by atoms with Gasteiger partial charge in [-0.05, 0) is 51.5 Å². The van der Waals surface area contributed by atoms with Crippen LogP contribution in [0.1, 0.15) is 34.1 Å². The highest BCUT2D eigenvalue weighted by atomic mass is 35.5. The molecule has 1 rings (SSSR count). The Balaban J connectivity index is 3.11. The van der Waals surface area contributed by atoms with Crippen molar-refractivity contribution in [2.75, 3.05) is 4.90 Å². The number of anilines is 1. The molecule has 0 saturated heterocycles. The van der Waals surface area contributed by atoms with Crippen LogP contribution in [0.4, 0.5) is 10.5 Å². The molecule has 0 aliphatic rings. The first-order chi connectivity index (χ1) is 9.28. The van der Waals surface area contributed by atoms with Gasteiger partial charge in [-0.25, -0.2) is 4.79 Å². The summed E-state index contributed by atoms with van der Waals surface area (Å²) in [5, 5.41) is 0.567. The number of halogens is 1. The zero-order valence-electron chi connectivity index (χ0n) is 12.2. The van der Waals surface area contributed by atoms with Crippen molar-refractivity contribution in [2.45, 2.75) is 45.8 Å². The van der Waals surface area contributed by atoms with Crippen molar-refractivity contribution in [3.8, 4) is 0 Å². The molecule has 0 heterocycles. The summed E-state index contributed by atoms with van der Waals surface area (Å²) in [7, 11) is 0. The maximum atomic E-state index is 12.3. The molecule has 1 aromatic carbocycles. The highest BCUT2D eigenvalue weighted by molar-refractivity contribution is 6.30. The molecule has 0 aromatic heterocycles. The van der Waals surface area contributed by atoms with E-state index in [0.29, 0.717) is 17.1 Å². The van der Waals surface area contributed by atoms with E-state index >= 15 is 0 Å². The average Bonchev–Trinajstić information content (AvgIpc) is 2.35. The van der Waals surface area contributed by atoms with Crippen LogP contribution >= 0.6 is 11.6 Å². The van der Waals surface area contributed by atoms with Crippen molar-refractivity contribution >= 4 is 29.7 Å². The van der Waals surface area contributed by atoms with Gasteiger partial charge in [-0.3, -0.25) is 4.90 Å². The number of carbonyl (C=O) groups excluding carboxylic acids is 2. The third-order valence-electron chi connectivity index (χ3n) is 2.60. The van der Waals surface area contributed by atoms with E-state index < -0.39 is 17.7 Å². The van der Waals surface area contributed by atoms with Gasteiger partial charge in [0.2, 0.25) is 0 Å². The number of amides is 1. The van der Waals surface area contributed by atoms with Gasteiger partial charge in [0.25, 0.3) is 0 Å². The monoisotopic (exact) mass is 297 g/mol. The first-order valence-corrected chi connectivity index (χ1v) is 6.89. The molecular formula is C15H20ClNO3. The number of rotatable bonds is 4. The molecule has 0 fully saturated rings. The summed E-state index contributed by atoms with van der Waals surface area (Å²) in [6.45, 7) is 7.19. The Morgan fingerprint density at radius 3 is 2.30 bits per heavy atom. The van der Waals surface area contributed by atoms with Crippen molar-refractivity contribution in [1.29, 1.82) is 0 Å². The fraction of sp³-hybridized carbons (Fsp3) is 0.467. The topological polar surface area (TPSA) is 46.6 Å². The molecule has 0 aliphatic heterocycles. The van der Waals surface area contributed by atoms with Gasteiger partial charge in [0.05, 0.1) is 6.04 Å². The summed E-state index contributed by atoms with van der Waals surface area (Å²) in [6.07, 6.45) is 0.711. The number of carbonyl (C=O) groups is 2. The predicted octanol–water partition coefficient (Wildman–Crippen LogP) is 4.06. The lowest BCUT2D eigenvalue weighted by atomic mass is 10.1. The van der Waals surface area contributed by atoms with E-state index in [0.717, 1.165) is 6.29 Å². The summed E-state index contributed by atoms with van der Waals surface area (Å²) in [5.74, 6) is 0. The number of hydrogen-bond donors (Lipinski definition) is 0. The van der Waals surface area contributed by atoms with Crippen LogP contribution in [0.2, 0.25) is 5.02 Å². The number of nitrogens with zero attached hydrogens (tertiary/aromatic N) is 1. The largest absolute Gasteiger partial charge is 0.443 e. The van der Waals surface area contributed by atoms with E-state index in [4.69, 9.17) is 16.3 Å². The average molecular weight is 298 g/mol. The Hall–Kier alpha value is -1.55. The number of aldehydes is 1. The Bertz CT molecular complexity index is 465. The first-order valence-electron chi connectivity index (χ1n) is 6.51. The van der Waals surface area contributed by atoms with Gasteiger partial charge in [0.15, 0.2) is 0 Å². The lowest BCUT2D eigenvalue weighted by Gasteiger charge is -2.30. The zero-order valence-corrected chi connectivity index (χ0v) is 13.0. The van der Waals surface area contributed by atoms with E-state index in [2.05, 4.69) is 0 Å². The van der Waals surface area contributed by atoms with Crippen LogP contribution < -0.4 is 4.90 Å². The number of ether oxygens (including phenoxy) is 1. The van der Waals surface area contributed by atoms with Crippen LogP contribution in [-0.2, 0) is 9.53 Å². The standard InChI is InChI=1S/C15H20ClNO3/c1-5-12(10-18)17(14(19)20-15(2,3)4)13-8-6-11(16)7-9-13/h6-10,12H,5H2,1-4H3. The van der Waals surface area contributed by atoms with Crippen molar-refractivity contribution < 1.29 is 14.3 Å². The van der Waals surface area contributed by atoms with E-state index in [1.54, 1.807) is 45.0 Å². The molecule has 0 bridgehead atoms. The number of benzene rings is 1. The molecule has 1 atom stereocenters. The van der Waals surface area contributed by atoms with Gasteiger partial charge in [-0.1, -0.05) is 18.5 Å². The van der Waals surface area contributed by atoms with Crippen LogP contribution in [0.15, 0.2) is 24.3 Å². The zero-order chi connectivity index (χ0) is 15.3. The smallest absolute Gasteiger partial charge is 0.415 e. The molecule has 0 aliphatic carbocycles. The second kappa shape index (κ2) is 6.75. The fourth-order valence-electron chi connectivity index (χ4n) is 1.68. The number of hydrogen-bond acceptors (Lipinski definition) is 3. The SMILES string of the molecule is CCC(C=O)N(C(=O)OC(C)(C)C)c1ccc(Cl)cc1. The molecule has 1 unspecified atom stereocenters. The Labute approximate surface area is 124 Å². The van der Waals surface area contributed by atoms with Crippen molar-refractivity contribution in [1.82, 2.24) is 0 Å². The van der Waals surface area contributed by atoms with Gasteiger partial charge < -0.3 is 9.53 Å². The minimum absolute atomic E-state index is 0.505. The van der Waals surface area contributed by atoms with Gasteiger partial charge in [-0.2, -0.15) is 0 Å². The maximum Gasteiger partial charge on any atom is 0.415 e. The van der Waals surface area contributed by atoms with Gasteiger partial charge in [0.1, 0.15) is 11.9 Å². The summed E-state index contributed by atoms with van der Waals surface area (Å²) in [5.41, 5.74) is -0.0363. The highest BCUT2D eigenvalue weighted by Gasteiger charge is 2.28. The molecule has 0 spiro atoms. The third kappa shape index (κ3) is 4.53. The maximum absolute atomic E-state index is 12.3. The van der Waals surface area contributed by atoms with Gasteiger partial charge >= 0.3 is 6.09 Å². The van der Waals surface area contributed by atoms with E-state index in [1.165, 1.54) is 4.90 Å². The Morgan fingerprint density at radius 2 is 1.90 bits per heavy atom. The second-order valence-corrected chi connectivity index (χ2v) is 5.87. The normalized spacial score (nSPS) is 12.7. The Morgan fingerprint density at radius 1 is 1.35 bits per heavy atom. The molecule has 5 heteroatoms. The lowest BCUT2D eigenvalue weighted by molar-refractivity contribution is -0.109. The van der Waals surface area contributed by atoms with Gasteiger partial charge in [-0.15, -0.1) is 0 Å². The van der Waals surface area contributed by atoms with Crippen molar-refractivity contribution in [3.05, 3.63) is 29.3 Å². The molecule has 0 N–H and O–H groups in total. The minimum Gasteiger partial charge on any atom is -0.443 e. The molecule has 0 radical (unpaired) electrons. The molecule has 0 saturated carbocycles. The van der Waals surface area contributed by atoms with Crippen LogP contribution in [0.25, 0.3) is 0 Å². The van der Waals surface area contributed by atoms with E-state index in [-0.39, 0.29) is 0 Å². The van der Waals surface area contributed by atoms with Gasteiger partial charge in [0, 0.05) is 10.7 Å². The quantitative estimate of drug-likeness (QED) is 0.787. The van der Waals surface area contributed by atoms with Crippen molar-refractivity contribution in [2.24, 2.45) is 0 Å². The predicted molar refractivity (Wildman–Crippen MR) is 80.3 cm³/mol. The third-order valence-corrected chi connectivity index (χ3v) is 2.85. The molecule has 1 amide bonds. The van der Waals surface area contributed by atoms with Crippen LogP contribution in [-0.4, -0.2) is 24.0 Å². The first kappa shape index (κ1) is 16.5. The van der Waals surface area contributed by atoms with E-state index in [9.17, 15) is 9.59 Å². The fourth-order valence-corrected chi connectivity index (χ4v) is 1.81. The summed E-state index contributed by atoms with van der Waals surface area (Å²) >= 11 is 5.85. The summed E-state index contributed by atoms with van der Waals surface area (Å²) < 4.78 is 5.36.